The third-order valence-corrected chi connectivity index (χ3v) is 1.49. The number of H-pyrrole nitrogens is 1. The minimum absolute atomic E-state index is 0.0377. The third kappa shape index (κ3) is 1.73. The van der Waals surface area contributed by atoms with Crippen molar-refractivity contribution in [1.29, 1.82) is 0 Å². The fraction of sp³-hybridized carbons (Fsp3) is 0.125. The Morgan fingerprint density at radius 1 is 1.21 bits per heavy atom. The summed E-state index contributed by atoms with van der Waals surface area (Å²) in [5, 5.41) is 0. The van der Waals surface area contributed by atoms with Crippen LogP contribution in [0.4, 0.5) is 8.78 Å². The molecule has 0 radical (unpaired) electrons. The van der Waals surface area contributed by atoms with E-state index in [0.29, 0.717) is 0 Å². The number of nitrogens with zero attached hydrogens (tertiary/aromatic N) is 1. The average Bonchev–Trinajstić information content (AvgIpc) is 2.42. The van der Waals surface area contributed by atoms with Crippen molar-refractivity contribution >= 4 is 0 Å². The van der Waals surface area contributed by atoms with Crippen molar-refractivity contribution in [2.45, 2.75) is 6.29 Å². The lowest BCUT2D eigenvalue weighted by atomic mass is 10.4. The number of rotatable bonds is 0. The molecule has 0 aromatic carbocycles. The van der Waals surface area contributed by atoms with E-state index in [1.807, 2.05) is 0 Å². The molecule has 0 bridgehead atoms. The highest BCUT2D eigenvalue weighted by Gasteiger charge is 2.42. The second-order valence-corrected chi connectivity index (χ2v) is 2.49. The molecule has 0 unspecified atom stereocenters. The fourth-order valence-corrected chi connectivity index (χ4v) is 0.973. The van der Waals surface area contributed by atoms with Crippen molar-refractivity contribution in [2.75, 3.05) is 0 Å². The SMILES string of the molecule is FC1(F)Oc2ccnc[nH]ccc2O1. The highest BCUT2D eigenvalue weighted by Crippen LogP contribution is 2.38. The molecule has 1 aromatic rings. The Labute approximate surface area is 77.8 Å². The molecule has 6 heteroatoms. The van der Waals surface area contributed by atoms with Gasteiger partial charge in [0.05, 0.1) is 6.33 Å². The number of nitrogens with one attached hydrogen (secondary N) is 1. The topological polar surface area (TPSA) is 47.1 Å². The Hall–Kier alpha value is -1.85. The van der Waals surface area contributed by atoms with Gasteiger partial charge in [-0.25, -0.2) is 4.98 Å². The van der Waals surface area contributed by atoms with Crippen LogP contribution in [0.1, 0.15) is 0 Å². The Bertz CT molecular complexity index is 358. The van der Waals surface area contributed by atoms with Gasteiger partial charge in [-0.3, -0.25) is 0 Å². The Kier molecular flexibility index (Phi) is 1.95. The van der Waals surface area contributed by atoms with E-state index in [4.69, 9.17) is 0 Å². The number of aromatic amines is 1. The van der Waals surface area contributed by atoms with Gasteiger partial charge in [-0.2, -0.15) is 0 Å². The van der Waals surface area contributed by atoms with E-state index in [1.165, 1.54) is 30.9 Å². The molecule has 4 nitrogen and oxygen atoms in total. The molecule has 0 saturated heterocycles. The van der Waals surface area contributed by atoms with E-state index in [2.05, 4.69) is 19.4 Å². The van der Waals surface area contributed by atoms with Crippen molar-refractivity contribution < 1.29 is 18.3 Å². The first kappa shape index (κ1) is 8.74. The summed E-state index contributed by atoms with van der Waals surface area (Å²) in [5.41, 5.74) is 0. The van der Waals surface area contributed by atoms with E-state index in [-0.39, 0.29) is 11.5 Å². The Morgan fingerprint density at radius 3 is 2.71 bits per heavy atom. The third-order valence-electron chi connectivity index (χ3n) is 1.49. The monoisotopic (exact) mass is 200 g/mol. The minimum Gasteiger partial charge on any atom is -0.395 e. The van der Waals surface area contributed by atoms with Gasteiger partial charge >= 0.3 is 6.29 Å². The first-order chi connectivity index (χ1) is 6.67. The van der Waals surface area contributed by atoms with Crippen LogP contribution in [-0.4, -0.2) is 16.3 Å². The average molecular weight is 200 g/mol. The lowest BCUT2D eigenvalue weighted by molar-refractivity contribution is -0.286. The number of fused-ring (bicyclic) bond motifs is 1. The molecule has 14 heavy (non-hydrogen) atoms. The minimum atomic E-state index is -3.59. The van der Waals surface area contributed by atoms with Crippen molar-refractivity contribution in [3.8, 4) is 11.5 Å². The second kappa shape index (κ2) is 3.13. The zero-order valence-electron chi connectivity index (χ0n) is 6.91. The van der Waals surface area contributed by atoms with Gasteiger partial charge in [0.15, 0.2) is 11.5 Å². The summed E-state index contributed by atoms with van der Waals surface area (Å²) < 4.78 is 33.7. The maximum Gasteiger partial charge on any atom is 0.586 e. The zero-order valence-corrected chi connectivity index (χ0v) is 6.91. The molecular weight excluding hydrogens is 194 g/mol. The maximum absolute atomic E-state index is 12.6. The number of hydrogen-bond acceptors (Lipinski definition) is 3. The molecule has 0 fully saturated rings. The summed E-state index contributed by atoms with van der Waals surface area (Å²) in [7, 11) is 0. The molecule has 74 valence electrons. The predicted octanol–water partition coefficient (Wildman–Crippen LogP) is 1.86. The van der Waals surface area contributed by atoms with Crippen molar-refractivity contribution in [3.05, 3.63) is 30.9 Å². The summed E-state index contributed by atoms with van der Waals surface area (Å²) in [6.45, 7) is 0. The molecule has 0 spiro atoms. The van der Waals surface area contributed by atoms with Crippen LogP contribution in [0.2, 0.25) is 0 Å². The molecule has 1 aliphatic rings. The number of aromatic nitrogens is 2. The van der Waals surface area contributed by atoms with Crippen LogP contribution in [0.15, 0.2) is 30.9 Å². The maximum atomic E-state index is 12.6. The van der Waals surface area contributed by atoms with Gasteiger partial charge in [0.25, 0.3) is 0 Å². The largest absolute Gasteiger partial charge is 0.586 e. The Balaban J connectivity index is 2.50. The standard InChI is InChI=1S/C8H6F2N2O2/c9-8(10)13-6-1-3-11-5-12-4-2-7(6)14-8/h1-5H,(H,11,12). The first-order valence-corrected chi connectivity index (χ1v) is 3.78. The van der Waals surface area contributed by atoms with E-state index in [9.17, 15) is 8.78 Å². The molecular formula is C8H6F2N2O2. The predicted molar refractivity (Wildman–Crippen MR) is 42.4 cm³/mol. The van der Waals surface area contributed by atoms with Gasteiger partial charge in [-0.15, -0.1) is 8.78 Å². The van der Waals surface area contributed by atoms with Gasteiger partial charge in [0.2, 0.25) is 0 Å². The van der Waals surface area contributed by atoms with E-state index < -0.39 is 6.29 Å². The first-order valence-electron chi connectivity index (χ1n) is 3.78. The van der Waals surface area contributed by atoms with Crippen LogP contribution in [-0.2, 0) is 0 Å². The summed E-state index contributed by atoms with van der Waals surface area (Å²) in [6.07, 6.45) is 0.534. The molecule has 0 atom stereocenters. The van der Waals surface area contributed by atoms with Crippen molar-refractivity contribution in [2.24, 2.45) is 0 Å². The second-order valence-electron chi connectivity index (χ2n) is 2.49. The summed E-state index contributed by atoms with van der Waals surface area (Å²) in [5.74, 6) is -0.0867. The Morgan fingerprint density at radius 2 is 1.93 bits per heavy atom. The highest BCUT2D eigenvalue weighted by molar-refractivity contribution is 5.38. The van der Waals surface area contributed by atoms with E-state index >= 15 is 0 Å². The summed E-state index contributed by atoms with van der Waals surface area (Å²) >= 11 is 0. The lowest BCUT2D eigenvalue weighted by Crippen LogP contribution is -2.26. The molecule has 0 saturated carbocycles. The number of alkyl halides is 2. The van der Waals surface area contributed by atoms with E-state index in [1.54, 1.807) is 0 Å². The van der Waals surface area contributed by atoms with Gasteiger partial charge in [-0.05, 0) is 0 Å². The molecule has 1 aromatic heterocycles. The number of hydrogen-bond donors (Lipinski definition) is 1. The smallest absolute Gasteiger partial charge is 0.395 e. The van der Waals surface area contributed by atoms with Crippen LogP contribution < -0.4 is 9.47 Å². The molecule has 1 aliphatic heterocycles. The van der Waals surface area contributed by atoms with Crippen molar-refractivity contribution in [1.82, 2.24) is 9.97 Å². The molecule has 2 rings (SSSR count). The quantitative estimate of drug-likeness (QED) is 0.695. The van der Waals surface area contributed by atoms with Crippen LogP contribution in [0.25, 0.3) is 0 Å². The number of halogens is 2. The normalized spacial score (nSPS) is 16.1. The highest BCUT2D eigenvalue weighted by atomic mass is 19.3. The van der Waals surface area contributed by atoms with Crippen LogP contribution in [0.5, 0.6) is 11.5 Å². The van der Waals surface area contributed by atoms with Crippen molar-refractivity contribution in [3.63, 3.8) is 0 Å². The van der Waals surface area contributed by atoms with Gasteiger partial charge in [0, 0.05) is 24.5 Å². The molecule has 1 N–H and O–H groups in total. The zero-order chi connectivity index (χ0) is 10.0. The molecule has 0 amide bonds. The van der Waals surface area contributed by atoms with Crippen LogP contribution >= 0.6 is 0 Å². The van der Waals surface area contributed by atoms with E-state index in [0.717, 1.165) is 0 Å². The van der Waals surface area contributed by atoms with Gasteiger partial charge < -0.3 is 14.5 Å². The van der Waals surface area contributed by atoms with Gasteiger partial charge in [0.1, 0.15) is 0 Å². The fourth-order valence-electron chi connectivity index (χ4n) is 0.973. The summed E-state index contributed by atoms with van der Waals surface area (Å²) in [6, 6.07) is 2.63. The van der Waals surface area contributed by atoms with Gasteiger partial charge in [-0.1, -0.05) is 0 Å². The lowest BCUT2D eigenvalue weighted by Gasteiger charge is -2.04. The summed E-state index contributed by atoms with van der Waals surface area (Å²) in [4.78, 5) is 6.35. The molecule has 0 aliphatic carbocycles. The molecule has 2 heterocycles. The van der Waals surface area contributed by atoms with Crippen LogP contribution in [0, 0.1) is 0 Å². The number of ether oxygens (including phenoxy) is 2. The van der Waals surface area contributed by atoms with Crippen LogP contribution in [0.3, 0.4) is 0 Å².